The summed E-state index contributed by atoms with van der Waals surface area (Å²) in [6.45, 7) is 1.90. The Bertz CT molecular complexity index is 931. The molecule has 1 aromatic carbocycles. The SMILES string of the molecule is CSCC[C@@H](C(=O)Nc1ccc2c(C)cc(=O)[nH]c2c1)n1cccc1. The van der Waals surface area contributed by atoms with Crippen molar-refractivity contribution in [3.8, 4) is 0 Å². The first kappa shape index (κ1) is 17.4. The van der Waals surface area contributed by atoms with Crippen LogP contribution in [0.2, 0.25) is 0 Å². The van der Waals surface area contributed by atoms with Crippen molar-refractivity contribution in [1.29, 1.82) is 0 Å². The Kier molecular flexibility index (Phi) is 5.28. The third kappa shape index (κ3) is 3.96. The van der Waals surface area contributed by atoms with E-state index >= 15 is 0 Å². The number of hydrogen-bond acceptors (Lipinski definition) is 3. The predicted molar refractivity (Wildman–Crippen MR) is 104 cm³/mol. The minimum Gasteiger partial charge on any atom is -0.342 e. The number of aromatic amines is 1. The van der Waals surface area contributed by atoms with E-state index in [0.29, 0.717) is 5.69 Å². The Morgan fingerprint density at radius 1 is 1.28 bits per heavy atom. The van der Waals surface area contributed by atoms with Gasteiger partial charge in [-0.25, -0.2) is 0 Å². The maximum atomic E-state index is 12.8. The minimum absolute atomic E-state index is 0.0559. The number of anilines is 1. The summed E-state index contributed by atoms with van der Waals surface area (Å²) in [6, 6.07) is 10.8. The van der Waals surface area contributed by atoms with Crippen LogP contribution in [-0.4, -0.2) is 27.5 Å². The lowest BCUT2D eigenvalue weighted by atomic mass is 10.1. The second-order valence-corrected chi connectivity index (χ2v) is 6.98. The lowest BCUT2D eigenvalue weighted by Crippen LogP contribution is -2.26. The van der Waals surface area contributed by atoms with E-state index in [1.165, 1.54) is 0 Å². The molecule has 0 aliphatic heterocycles. The van der Waals surface area contributed by atoms with Crippen LogP contribution in [0.1, 0.15) is 18.0 Å². The lowest BCUT2D eigenvalue weighted by Gasteiger charge is -2.18. The summed E-state index contributed by atoms with van der Waals surface area (Å²) in [5, 5.41) is 3.95. The standard InChI is InChI=1S/C19H21N3O2S/c1-13-11-18(23)21-16-12-14(5-6-15(13)16)20-19(24)17(7-10-25-2)22-8-3-4-9-22/h3-6,8-9,11-12,17H,7,10H2,1-2H3,(H,20,24)(H,21,23)/t17-/m0/s1. The number of rotatable bonds is 6. The molecule has 130 valence electrons. The van der Waals surface area contributed by atoms with Crippen LogP contribution in [0.4, 0.5) is 5.69 Å². The van der Waals surface area contributed by atoms with E-state index in [2.05, 4.69) is 10.3 Å². The molecule has 0 spiro atoms. The zero-order valence-electron chi connectivity index (χ0n) is 14.3. The van der Waals surface area contributed by atoms with Crippen LogP contribution >= 0.6 is 11.8 Å². The number of benzene rings is 1. The highest BCUT2D eigenvalue weighted by Gasteiger charge is 2.19. The minimum atomic E-state index is -0.255. The monoisotopic (exact) mass is 355 g/mol. The molecule has 0 unspecified atom stereocenters. The van der Waals surface area contributed by atoms with Gasteiger partial charge < -0.3 is 14.9 Å². The second kappa shape index (κ2) is 7.61. The van der Waals surface area contributed by atoms with E-state index in [1.807, 2.05) is 60.5 Å². The van der Waals surface area contributed by atoms with Crippen molar-refractivity contribution in [3.63, 3.8) is 0 Å². The van der Waals surface area contributed by atoms with Crippen LogP contribution in [0.5, 0.6) is 0 Å². The van der Waals surface area contributed by atoms with Gasteiger partial charge in [0.1, 0.15) is 6.04 Å². The molecular formula is C19H21N3O2S. The van der Waals surface area contributed by atoms with Crippen molar-refractivity contribution < 1.29 is 4.79 Å². The third-order valence-corrected chi connectivity index (χ3v) is 4.85. The molecule has 0 aliphatic carbocycles. The molecule has 2 aromatic heterocycles. The fraction of sp³-hybridized carbons (Fsp3) is 0.263. The number of carbonyl (C=O) groups excluding carboxylic acids is 1. The van der Waals surface area contributed by atoms with Gasteiger partial charge in [0, 0.05) is 29.5 Å². The van der Waals surface area contributed by atoms with Gasteiger partial charge in [-0.3, -0.25) is 9.59 Å². The number of amides is 1. The van der Waals surface area contributed by atoms with Crippen LogP contribution in [0.25, 0.3) is 10.9 Å². The summed E-state index contributed by atoms with van der Waals surface area (Å²) >= 11 is 1.72. The van der Waals surface area contributed by atoms with Gasteiger partial charge in [-0.1, -0.05) is 6.07 Å². The summed E-state index contributed by atoms with van der Waals surface area (Å²) in [7, 11) is 0. The molecular weight excluding hydrogens is 334 g/mol. The molecule has 0 saturated carbocycles. The highest BCUT2D eigenvalue weighted by molar-refractivity contribution is 7.98. The molecule has 5 nitrogen and oxygen atoms in total. The van der Waals surface area contributed by atoms with E-state index in [-0.39, 0.29) is 17.5 Å². The van der Waals surface area contributed by atoms with Crippen LogP contribution in [-0.2, 0) is 4.79 Å². The quantitative estimate of drug-likeness (QED) is 0.710. The Morgan fingerprint density at radius 2 is 2.04 bits per heavy atom. The maximum absolute atomic E-state index is 12.8. The second-order valence-electron chi connectivity index (χ2n) is 5.99. The predicted octanol–water partition coefficient (Wildman–Crippen LogP) is 3.57. The molecule has 2 heterocycles. The molecule has 3 rings (SSSR count). The Labute approximate surface area is 150 Å². The highest BCUT2D eigenvalue weighted by Crippen LogP contribution is 2.22. The van der Waals surface area contributed by atoms with Gasteiger partial charge in [-0.2, -0.15) is 11.8 Å². The van der Waals surface area contributed by atoms with Gasteiger partial charge in [0.05, 0.1) is 5.52 Å². The fourth-order valence-corrected chi connectivity index (χ4v) is 3.40. The van der Waals surface area contributed by atoms with Gasteiger partial charge in [0.2, 0.25) is 11.5 Å². The summed E-state index contributed by atoms with van der Waals surface area (Å²) in [4.78, 5) is 27.3. The fourth-order valence-electron chi connectivity index (χ4n) is 2.94. The molecule has 25 heavy (non-hydrogen) atoms. The van der Waals surface area contributed by atoms with E-state index in [0.717, 1.165) is 28.6 Å². The first-order chi connectivity index (χ1) is 12.1. The van der Waals surface area contributed by atoms with Gasteiger partial charge in [-0.15, -0.1) is 0 Å². The van der Waals surface area contributed by atoms with Crippen molar-refractivity contribution in [2.24, 2.45) is 0 Å². The molecule has 2 N–H and O–H groups in total. The lowest BCUT2D eigenvalue weighted by molar-refractivity contribution is -0.119. The number of thioether (sulfide) groups is 1. The third-order valence-electron chi connectivity index (χ3n) is 4.20. The molecule has 0 fully saturated rings. The average Bonchev–Trinajstić information content (AvgIpc) is 3.09. The van der Waals surface area contributed by atoms with Crippen molar-refractivity contribution in [2.45, 2.75) is 19.4 Å². The van der Waals surface area contributed by atoms with Crippen molar-refractivity contribution >= 4 is 34.3 Å². The summed E-state index contributed by atoms with van der Waals surface area (Å²) in [5.41, 5.74) is 2.19. The zero-order valence-corrected chi connectivity index (χ0v) is 15.1. The smallest absolute Gasteiger partial charge is 0.248 e. The first-order valence-electron chi connectivity index (χ1n) is 8.14. The number of aromatic nitrogens is 2. The Balaban J connectivity index is 1.85. The van der Waals surface area contributed by atoms with E-state index in [1.54, 1.807) is 17.8 Å². The van der Waals surface area contributed by atoms with Crippen LogP contribution in [0.15, 0.2) is 53.6 Å². The van der Waals surface area contributed by atoms with Crippen LogP contribution in [0.3, 0.4) is 0 Å². The van der Waals surface area contributed by atoms with E-state index in [4.69, 9.17) is 0 Å². The molecule has 0 bridgehead atoms. The number of nitrogens with zero attached hydrogens (tertiary/aromatic N) is 1. The number of aryl methyl sites for hydroxylation is 1. The number of pyridine rings is 1. The average molecular weight is 355 g/mol. The van der Waals surface area contributed by atoms with Crippen molar-refractivity contribution in [2.75, 3.05) is 17.3 Å². The molecule has 1 atom stereocenters. The van der Waals surface area contributed by atoms with Crippen molar-refractivity contribution in [3.05, 3.63) is 64.7 Å². The zero-order chi connectivity index (χ0) is 17.8. The molecule has 0 radical (unpaired) electrons. The van der Waals surface area contributed by atoms with Crippen molar-refractivity contribution in [1.82, 2.24) is 9.55 Å². The number of H-pyrrole nitrogens is 1. The van der Waals surface area contributed by atoms with Gasteiger partial charge in [-0.05, 0) is 55.2 Å². The van der Waals surface area contributed by atoms with Gasteiger partial charge >= 0.3 is 0 Å². The Hall–Kier alpha value is -2.47. The molecule has 0 saturated heterocycles. The van der Waals surface area contributed by atoms with Gasteiger partial charge in [0.25, 0.3) is 0 Å². The normalized spacial score (nSPS) is 12.2. The summed E-state index contributed by atoms with van der Waals surface area (Å²) in [5.74, 6) is 0.847. The van der Waals surface area contributed by atoms with Gasteiger partial charge in [0.15, 0.2) is 0 Å². The topological polar surface area (TPSA) is 66.9 Å². The van der Waals surface area contributed by atoms with E-state index in [9.17, 15) is 9.59 Å². The largest absolute Gasteiger partial charge is 0.342 e. The number of nitrogens with one attached hydrogen (secondary N) is 2. The summed E-state index contributed by atoms with van der Waals surface area (Å²) < 4.78 is 1.93. The Morgan fingerprint density at radius 3 is 2.76 bits per heavy atom. The number of carbonyl (C=O) groups is 1. The molecule has 1 amide bonds. The van der Waals surface area contributed by atoms with E-state index < -0.39 is 0 Å². The molecule has 0 aliphatic rings. The molecule has 3 aromatic rings. The number of fused-ring (bicyclic) bond motifs is 1. The first-order valence-corrected chi connectivity index (χ1v) is 9.54. The summed E-state index contributed by atoms with van der Waals surface area (Å²) in [6.07, 6.45) is 6.61. The van der Waals surface area contributed by atoms with Crippen LogP contribution in [0, 0.1) is 6.92 Å². The van der Waals surface area contributed by atoms with Crippen LogP contribution < -0.4 is 10.9 Å². The maximum Gasteiger partial charge on any atom is 0.248 e. The molecule has 6 heteroatoms. The number of hydrogen-bond donors (Lipinski definition) is 2. The highest BCUT2D eigenvalue weighted by atomic mass is 32.2.